The number of anilines is 1. The van der Waals surface area contributed by atoms with Crippen LogP contribution < -0.4 is 5.73 Å². The van der Waals surface area contributed by atoms with E-state index in [-0.39, 0.29) is 5.91 Å². The normalized spacial score (nSPS) is 10.3. The molecule has 5 heteroatoms. The molecule has 2 rings (SSSR count). The smallest absolute Gasteiger partial charge is 0.256 e. The second kappa shape index (κ2) is 5.27. The lowest BCUT2D eigenvalue weighted by atomic mass is 10.1. The van der Waals surface area contributed by atoms with Gasteiger partial charge in [0, 0.05) is 12.7 Å². The molecular formula is C13H13BrN2O2. The van der Waals surface area contributed by atoms with E-state index in [2.05, 4.69) is 15.9 Å². The molecule has 0 unspecified atom stereocenters. The molecule has 94 valence electrons. The maximum absolute atomic E-state index is 12.2. The van der Waals surface area contributed by atoms with Crippen molar-refractivity contribution in [2.75, 3.05) is 12.8 Å². The molecule has 0 saturated heterocycles. The summed E-state index contributed by atoms with van der Waals surface area (Å²) in [6, 6.07) is 10.6. The summed E-state index contributed by atoms with van der Waals surface area (Å²) in [5.74, 6) is 0.591. The maximum atomic E-state index is 12.2. The lowest BCUT2D eigenvalue weighted by molar-refractivity contribution is 0.0776. The number of nitrogens with zero attached hydrogens (tertiary/aromatic N) is 1. The van der Waals surface area contributed by atoms with E-state index >= 15 is 0 Å². The zero-order valence-corrected chi connectivity index (χ0v) is 11.5. The number of para-hydroxylation sites is 1. The fourth-order valence-electron chi connectivity index (χ4n) is 1.64. The molecule has 2 aromatic rings. The first kappa shape index (κ1) is 12.7. The third kappa shape index (κ3) is 2.73. The van der Waals surface area contributed by atoms with Crippen molar-refractivity contribution < 1.29 is 9.21 Å². The largest absolute Gasteiger partial charge is 0.452 e. The monoisotopic (exact) mass is 308 g/mol. The number of carbonyl (C=O) groups excluding carboxylic acids is 1. The zero-order chi connectivity index (χ0) is 13.1. The van der Waals surface area contributed by atoms with Crippen LogP contribution >= 0.6 is 15.9 Å². The zero-order valence-electron chi connectivity index (χ0n) is 9.89. The van der Waals surface area contributed by atoms with Crippen LogP contribution in [0, 0.1) is 0 Å². The summed E-state index contributed by atoms with van der Waals surface area (Å²) in [5, 5.41) is 0. The lowest BCUT2D eigenvalue weighted by Gasteiger charge is -2.16. The van der Waals surface area contributed by atoms with Gasteiger partial charge in [-0.1, -0.05) is 12.1 Å². The molecule has 0 bridgehead atoms. The van der Waals surface area contributed by atoms with Crippen LogP contribution in [0.4, 0.5) is 5.69 Å². The minimum Gasteiger partial charge on any atom is -0.452 e. The Hall–Kier alpha value is -1.75. The Kier molecular flexibility index (Phi) is 3.72. The number of carbonyl (C=O) groups is 1. The van der Waals surface area contributed by atoms with Gasteiger partial charge in [-0.2, -0.15) is 0 Å². The maximum Gasteiger partial charge on any atom is 0.256 e. The summed E-state index contributed by atoms with van der Waals surface area (Å²) in [6.07, 6.45) is 0. The lowest BCUT2D eigenvalue weighted by Crippen LogP contribution is -2.26. The van der Waals surface area contributed by atoms with Crippen molar-refractivity contribution >= 4 is 27.5 Å². The SMILES string of the molecule is CN(Cc1ccc(Br)o1)C(=O)c1ccccc1N. The van der Waals surface area contributed by atoms with E-state index in [9.17, 15) is 4.79 Å². The third-order valence-electron chi connectivity index (χ3n) is 2.56. The molecule has 0 radical (unpaired) electrons. The van der Waals surface area contributed by atoms with Crippen LogP contribution in [0.3, 0.4) is 0 Å². The van der Waals surface area contributed by atoms with Crippen molar-refractivity contribution in [2.45, 2.75) is 6.54 Å². The first-order chi connectivity index (χ1) is 8.58. The van der Waals surface area contributed by atoms with E-state index in [0.29, 0.717) is 28.2 Å². The molecule has 1 aromatic carbocycles. The molecule has 0 saturated carbocycles. The van der Waals surface area contributed by atoms with Gasteiger partial charge in [0.2, 0.25) is 0 Å². The van der Waals surface area contributed by atoms with Gasteiger partial charge in [0.1, 0.15) is 5.76 Å². The van der Waals surface area contributed by atoms with Crippen LogP contribution in [-0.4, -0.2) is 17.9 Å². The highest BCUT2D eigenvalue weighted by Gasteiger charge is 2.15. The summed E-state index contributed by atoms with van der Waals surface area (Å²) in [7, 11) is 1.71. The second-order valence-electron chi connectivity index (χ2n) is 3.95. The van der Waals surface area contributed by atoms with Gasteiger partial charge in [0.25, 0.3) is 5.91 Å². The summed E-state index contributed by atoms with van der Waals surface area (Å²) < 4.78 is 6.01. The number of nitrogens with two attached hydrogens (primary N) is 1. The van der Waals surface area contributed by atoms with Gasteiger partial charge in [-0.3, -0.25) is 4.79 Å². The highest BCUT2D eigenvalue weighted by Crippen LogP contribution is 2.17. The molecule has 4 nitrogen and oxygen atoms in total. The van der Waals surface area contributed by atoms with Crippen molar-refractivity contribution in [2.24, 2.45) is 0 Å². The Morgan fingerprint density at radius 1 is 1.33 bits per heavy atom. The van der Waals surface area contributed by atoms with Crippen LogP contribution in [-0.2, 0) is 6.54 Å². The van der Waals surface area contributed by atoms with Crippen LogP contribution in [0.15, 0.2) is 45.5 Å². The number of benzene rings is 1. The first-order valence-corrected chi connectivity index (χ1v) is 6.21. The number of rotatable bonds is 3. The fourth-order valence-corrected chi connectivity index (χ4v) is 1.98. The Labute approximate surface area is 114 Å². The van der Waals surface area contributed by atoms with Crippen LogP contribution in [0.5, 0.6) is 0 Å². The number of nitrogen functional groups attached to an aromatic ring is 1. The Balaban J connectivity index is 2.12. The number of hydrogen-bond acceptors (Lipinski definition) is 3. The van der Waals surface area contributed by atoms with Crippen LogP contribution in [0.25, 0.3) is 0 Å². The van der Waals surface area contributed by atoms with Gasteiger partial charge < -0.3 is 15.1 Å². The van der Waals surface area contributed by atoms with Gasteiger partial charge in [-0.25, -0.2) is 0 Å². The summed E-state index contributed by atoms with van der Waals surface area (Å²) in [6.45, 7) is 0.402. The molecule has 0 aliphatic heterocycles. The predicted octanol–water partition coefficient (Wildman–Crippen LogP) is 2.90. The molecule has 18 heavy (non-hydrogen) atoms. The molecule has 2 N–H and O–H groups in total. The minimum absolute atomic E-state index is 0.124. The van der Waals surface area contributed by atoms with Crippen LogP contribution in [0.2, 0.25) is 0 Å². The van der Waals surface area contributed by atoms with Gasteiger partial charge in [-0.05, 0) is 40.2 Å². The molecular weight excluding hydrogens is 296 g/mol. The summed E-state index contributed by atoms with van der Waals surface area (Å²) >= 11 is 3.23. The van der Waals surface area contributed by atoms with Crippen molar-refractivity contribution in [3.8, 4) is 0 Å². The third-order valence-corrected chi connectivity index (χ3v) is 2.99. The number of furan rings is 1. The van der Waals surface area contributed by atoms with E-state index in [1.54, 1.807) is 42.3 Å². The van der Waals surface area contributed by atoms with Crippen molar-refractivity contribution in [1.82, 2.24) is 4.90 Å². The van der Waals surface area contributed by atoms with Crippen LogP contribution in [0.1, 0.15) is 16.1 Å². The molecule has 1 aromatic heterocycles. The van der Waals surface area contributed by atoms with Gasteiger partial charge in [-0.15, -0.1) is 0 Å². The first-order valence-electron chi connectivity index (χ1n) is 5.42. The molecule has 0 aliphatic rings. The molecule has 0 fully saturated rings. The molecule has 1 amide bonds. The van der Waals surface area contributed by atoms with E-state index in [1.807, 2.05) is 6.07 Å². The quantitative estimate of drug-likeness (QED) is 0.887. The van der Waals surface area contributed by atoms with Crippen molar-refractivity contribution in [3.63, 3.8) is 0 Å². The van der Waals surface area contributed by atoms with Crippen molar-refractivity contribution in [1.29, 1.82) is 0 Å². The second-order valence-corrected chi connectivity index (χ2v) is 4.74. The van der Waals surface area contributed by atoms with E-state index in [0.717, 1.165) is 0 Å². The Morgan fingerprint density at radius 3 is 2.67 bits per heavy atom. The average molecular weight is 309 g/mol. The van der Waals surface area contributed by atoms with E-state index in [1.165, 1.54) is 0 Å². The summed E-state index contributed by atoms with van der Waals surface area (Å²) in [5.41, 5.74) is 6.76. The topological polar surface area (TPSA) is 59.5 Å². The van der Waals surface area contributed by atoms with E-state index < -0.39 is 0 Å². The fraction of sp³-hybridized carbons (Fsp3) is 0.154. The predicted molar refractivity (Wildman–Crippen MR) is 73.1 cm³/mol. The Bertz CT molecular complexity index is 566. The Morgan fingerprint density at radius 2 is 2.06 bits per heavy atom. The highest BCUT2D eigenvalue weighted by molar-refractivity contribution is 9.10. The number of halogens is 1. The number of hydrogen-bond donors (Lipinski definition) is 1. The molecule has 0 aliphatic carbocycles. The summed E-state index contributed by atoms with van der Waals surface area (Å²) in [4.78, 5) is 13.7. The molecule has 0 spiro atoms. The number of amides is 1. The van der Waals surface area contributed by atoms with Gasteiger partial charge >= 0.3 is 0 Å². The van der Waals surface area contributed by atoms with Gasteiger partial charge in [0.05, 0.1) is 12.1 Å². The average Bonchev–Trinajstić information content (AvgIpc) is 2.74. The van der Waals surface area contributed by atoms with Crippen molar-refractivity contribution in [3.05, 3.63) is 52.4 Å². The highest BCUT2D eigenvalue weighted by atomic mass is 79.9. The molecule has 1 heterocycles. The van der Waals surface area contributed by atoms with Gasteiger partial charge in [0.15, 0.2) is 4.67 Å². The molecule has 0 atom stereocenters. The minimum atomic E-state index is -0.124. The standard InChI is InChI=1S/C13H13BrN2O2/c1-16(8-9-6-7-12(14)18-9)13(17)10-4-2-3-5-11(10)15/h2-7H,8,15H2,1H3. The van der Waals surface area contributed by atoms with E-state index in [4.69, 9.17) is 10.2 Å².